The van der Waals surface area contributed by atoms with Gasteiger partial charge in [0.2, 0.25) is 0 Å². The van der Waals surface area contributed by atoms with E-state index in [0.29, 0.717) is 0 Å². The molecule has 0 saturated heterocycles. The lowest BCUT2D eigenvalue weighted by Gasteiger charge is -2.05. The van der Waals surface area contributed by atoms with E-state index in [1.54, 1.807) is 0 Å². The number of hydrogen-bond acceptors (Lipinski definition) is 1. The standard InChI is InChI=1S/C15H25N.C12H24/c1-2-3-4-5-6-7-8-10-15-11-9-13-16-14-12-15;1-2-4-6-8-10-12-11-9-7-5-3-1/h9,11-14,16H,2-8,10H2,1H3;1-12H2. The van der Waals surface area contributed by atoms with Crippen molar-refractivity contribution in [1.82, 2.24) is 5.32 Å². The summed E-state index contributed by atoms with van der Waals surface area (Å²) < 4.78 is 0. The van der Waals surface area contributed by atoms with Crippen LogP contribution in [0.4, 0.5) is 0 Å². The van der Waals surface area contributed by atoms with Gasteiger partial charge in [-0.15, -0.1) is 0 Å². The summed E-state index contributed by atoms with van der Waals surface area (Å²) in [6, 6.07) is 0. The smallest absolute Gasteiger partial charge is 0.000717 e. The van der Waals surface area contributed by atoms with E-state index in [2.05, 4.69) is 30.5 Å². The minimum atomic E-state index is 1.22. The van der Waals surface area contributed by atoms with Crippen molar-refractivity contribution in [2.45, 2.75) is 135 Å². The Morgan fingerprint density at radius 2 is 1.07 bits per heavy atom. The van der Waals surface area contributed by atoms with Crippen molar-refractivity contribution in [3.8, 4) is 0 Å². The van der Waals surface area contributed by atoms with Gasteiger partial charge in [-0.05, 0) is 30.6 Å². The van der Waals surface area contributed by atoms with Crippen LogP contribution in [0.25, 0.3) is 0 Å². The number of rotatable bonds is 8. The molecule has 1 heterocycles. The van der Waals surface area contributed by atoms with Gasteiger partial charge >= 0.3 is 0 Å². The van der Waals surface area contributed by atoms with Crippen LogP contribution in [-0.4, -0.2) is 0 Å². The van der Waals surface area contributed by atoms with E-state index in [9.17, 15) is 0 Å². The van der Waals surface area contributed by atoms with E-state index in [1.807, 2.05) is 12.4 Å². The highest BCUT2D eigenvalue weighted by atomic mass is 14.8. The largest absolute Gasteiger partial charge is 0.368 e. The molecule has 1 aliphatic heterocycles. The molecule has 28 heavy (non-hydrogen) atoms. The Bertz CT molecular complexity index is 361. The summed E-state index contributed by atoms with van der Waals surface area (Å²) in [5, 5.41) is 3.09. The van der Waals surface area contributed by atoms with Gasteiger partial charge in [-0.1, -0.05) is 129 Å². The molecule has 1 saturated carbocycles. The summed E-state index contributed by atoms with van der Waals surface area (Å²) >= 11 is 0. The lowest BCUT2D eigenvalue weighted by atomic mass is 10.0. The quantitative estimate of drug-likeness (QED) is 0.409. The maximum Gasteiger partial charge on any atom is 0.000717 e. The van der Waals surface area contributed by atoms with Crippen LogP contribution in [0.3, 0.4) is 0 Å². The molecule has 162 valence electrons. The third-order valence-corrected chi connectivity index (χ3v) is 5.97. The van der Waals surface area contributed by atoms with Crippen molar-refractivity contribution in [1.29, 1.82) is 0 Å². The van der Waals surface area contributed by atoms with Gasteiger partial charge in [0.25, 0.3) is 0 Å². The minimum Gasteiger partial charge on any atom is -0.368 e. The second-order valence-corrected chi connectivity index (χ2v) is 8.71. The first-order valence-corrected chi connectivity index (χ1v) is 12.7. The zero-order valence-corrected chi connectivity index (χ0v) is 19.0. The summed E-state index contributed by atoms with van der Waals surface area (Å²) in [4.78, 5) is 0. The molecule has 1 fully saturated rings. The van der Waals surface area contributed by atoms with E-state index in [1.165, 1.54) is 134 Å². The molecule has 2 rings (SSSR count). The molecular formula is C27H49N. The van der Waals surface area contributed by atoms with Crippen LogP contribution in [-0.2, 0) is 0 Å². The van der Waals surface area contributed by atoms with E-state index >= 15 is 0 Å². The average molecular weight is 388 g/mol. The molecule has 0 spiro atoms. The molecular weight excluding hydrogens is 338 g/mol. The van der Waals surface area contributed by atoms with Crippen LogP contribution in [0, 0.1) is 0 Å². The van der Waals surface area contributed by atoms with Crippen LogP contribution >= 0.6 is 0 Å². The van der Waals surface area contributed by atoms with Crippen molar-refractivity contribution in [3.05, 3.63) is 36.2 Å². The maximum absolute atomic E-state index is 3.09. The summed E-state index contributed by atoms with van der Waals surface area (Å²) in [5.41, 5.74) is 1.44. The molecule has 1 aliphatic carbocycles. The lowest BCUT2D eigenvalue weighted by Crippen LogP contribution is -1.88. The molecule has 1 N–H and O–H groups in total. The fourth-order valence-electron chi connectivity index (χ4n) is 4.07. The van der Waals surface area contributed by atoms with Crippen LogP contribution in [0.2, 0.25) is 0 Å². The topological polar surface area (TPSA) is 12.0 Å². The Labute approximate surface area is 177 Å². The van der Waals surface area contributed by atoms with E-state index in [4.69, 9.17) is 0 Å². The number of allylic oxidation sites excluding steroid dienone is 4. The van der Waals surface area contributed by atoms with Crippen LogP contribution in [0.5, 0.6) is 0 Å². The molecule has 0 aromatic carbocycles. The monoisotopic (exact) mass is 387 g/mol. The van der Waals surface area contributed by atoms with E-state index in [0.717, 1.165) is 0 Å². The van der Waals surface area contributed by atoms with Gasteiger partial charge in [-0.25, -0.2) is 0 Å². The summed E-state index contributed by atoms with van der Waals surface area (Å²) in [5.74, 6) is 0. The molecule has 0 radical (unpaired) electrons. The highest BCUT2D eigenvalue weighted by molar-refractivity contribution is 5.25. The maximum atomic E-state index is 3.09. The van der Waals surface area contributed by atoms with Crippen molar-refractivity contribution in [3.63, 3.8) is 0 Å². The SMILES string of the molecule is C1CCCCCCCCCCC1.CCCCCCCCCC1=CC=CNC=C1. The van der Waals surface area contributed by atoms with Gasteiger partial charge in [0.15, 0.2) is 0 Å². The Morgan fingerprint density at radius 3 is 1.57 bits per heavy atom. The van der Waals surface area contributed by atoms with Crippen LogP contribution in [0.15, 0.2) is 36.2 Å². The first-order valence-electron chi connectivity index (χ1n) is 12.7. The second-order valence-electron chi connectivity index (χ2n) is 8.71. The fraction of sp³-hybridized carbons (Fsp3) is 0.778. The predicted molar refractivity (Wildman–Crippen MR) is 128 cm³/mol. The second kappa shape index (κ2) is 20.7. The molecule has 2 aliphatic rings. The number of unbranched alkanes of at least 4 members (excludes halogenated alkanes) is 6. The van der Waals surface area contributed by atoms with Crippen molar-refractivity contribution in [2.24, 2.45) is 0 Å². The molecule has 0 bridgehead atoms. The highest BCUT2D eigenvalue weighted by Crippen LogP contribution is 2.16. The normalized spacial score (nSPS) is 18.5. The Hall–Kier alpha value is -0.980. The zero-order valence-electron chi connectivity index (χ0n) is 19.0. The van der Waals surface area contributed by atoms with Gasteiger partial charge in [-0.3, -0.25) is 0 Å². The van der Waals surface area contributed by atoms with Gasteiger partial charge in [0.05, 0.1) is 0 Å². The van der Waals surface area contributed by atoms with Crippen molar-refractivity contribution in [2.75, 3.05) is 0 Å². The Morgan fingerprint density at radius 1 is 0.607 bits per heavy atom. The van der Waals surface area contributed by atoms with Crippen LogP contribution < -0.4 is 5.32 Å². The molecule has 1 heteroatoms. The Balaban J connectivity index is 0.000000292. The third kappa shape index (κ3) is 17.1. The Kier molecular flexibility index (Phi) is 18.6. The van der Waals surface area contributed by atoms with Gasteiger partial charge in [0.1, 0.15) is 0 Å². The highest BCUT2D eigenvalue weighted by Gasteiger charge is 1.96. The van der Waals surface area contributed by atoms with Gasteiger partial charge in [-0.2, -0.15) is 0 Å². The molecule has 0 amide bonds. The van der Waals surface area contributed by atoms with Gasteiger partial charge < -0.3 is 5.32 Å². The number of nitrogens with one attached hydrogen (secondary N) is 1. The number of hydrogen-bond donors (Lipinski definition) is 1. The third-order valence-electron chi connectivity index (χ3n) is 5.97. The zero-order chi connectivity index (χ0) is 20.0. The summed E-state index contributed by atoms with van der Waals surface area (Å²) in [6.45, 7) is 2.27. The fourth-order valence-corrected chi connectivity index (χ4v) is 4.07. The van der Waals surface area contributed by atoms with Crippen molar-refractivity contribution < 1.29 is 0 Å². The first-order chi connectivity index (χ1) is 13.9. The first kappa shape index (κ1) is 25.1. The van der Waals surface area contributed by atoms with Crippen molar-refractivity contribution >= 4 is 0 Å². The summed E-state index contributed by atoms with van der Waals surface area (Å²) in [6.07, 6.45) is 39.4. The summed E-state index contributed by atoms with van der Waals surface area (Å²) in [7, 11) is 0. The molecule has 1 nitrogen and oxygen atoms in total. The van der Waals surface area contributed by atoms with Gasteiger partial charge in [0, 0.05) is 12.4 Å². The molecule has 0 aromatic heterocycles. The molecule has 0 aromatic rings. The molecule has 0 atom stereocenters. The minimum absolute atomic E-state index is 1.22. The average Bonchev–Trinajstić information content (AvgIpc) is 2.97. The van der Waals surface area contributed by atoms with E-state index < -0.39 is 0 Å². The van der Waals surface area contributed by atoms with E-state index in [-0.39, 0.29) is 0 Å². The van der Waals surface area contributed by atoms with Crippen LogP contribution in [0.1, 0.15) is 135 Å². The predicted octanol–water partition coefficient (Wildman–Crippen LogP) is 9.37. The molecule has 0 unspecified atom stereocenters. The lowest BCUT2D eigenvalue weighted by molar-refractivity contribution is 0.504.